The van der Waals surface area contributed by atoms with Gasteiger partial charge in [-0.15, -0.1) is 0 Å². The molecule has 0 aliphatic carbocycles. The Morgan fingerprint density at radius 2 is 1.59 bits per heavy atom. The number of ether oxygens (including phenoxy) is 8. The zero-order valence-electron chi connectivity index (χ0n) is 52.8. The summed E-state index contributed by atoms with van der Waals surface area (Å²) in [6, 6.07) is 6.10. The number of fused-ring (bicyclic) bond motifs is 6. The number of halogens is 1. The van der Waals surface area contributed by atoms with Crippen molar-refractivity contribution in [1.82, 2.24) is 31.1 Å². The van der Waals surface area contributed by atoms with Gasteiger partial charge in [0.25, 0.3) is 11.8 Å². The average molecular weight is 1290 g/mol. The SMILES string of the molecule is COc1cc2cc(c1Cl)N(C)C(=O)CC(OC(=O)C(C)C)[C@]1(C)O[C@H]1C(C)C1CC(O)(NC(=O)O1)C(OC)/C=C/C1N(C(=O)OCc3ccc(NC(=O)[C@H](CCCNC(N)=O)NC(=O)[C@@H](NC(=O)CCOCCOCCN4C(=O)C=CC4=O)C(C)C)cc3)C1(C)C2. The molecule has 10 amide bonds. The van der Waals surface area contributed by atoms with Crippen LogP contribution in [0.3, 0.4) is 0 Å². The van der Waals surface area contributed by atoms with Crippen molar-refractivity contribution in [3.8, 4) is 5.75 Å². The van der Waals surface area contributed by atoms with E-state index in [0.29, 0.717) is 16.8 Å². The van der Waals surface area contributed by atoms with Crippen LogP contribution in [0, 0.1) is 17.8 Å². The lowest BCUT2D eigenvalue weighted by Gasteiger charge is -2.42. The van der Waals surface area contributed by atoms with Gasteiger partial charge < -0.3 is 74.9 Å². The third-order valence-corrected chi connectivity index (χ3v) is 17.2. The molecule has 7 unspecified atom stereocenters. The molecule has 0 aromatic heterocycles. The van der Waals surface area contributed by atoms with E-state index in [4.69, 9.17) is 55.2 Å². The van der Waals surface area contributed by atoms with E-state index in [0.717, 1.165) is 4.90 Å². The van der Waals surface area contributed by atoms with Crippen molar-refractivity contribution in [2.24, 2.45) is 23.5 Å². The molecule has 2 aromatic carbocycles. The number of nitrogens with one attached hydrogen (secondary N) is 5. The molecular weight excluding hydrogens is 1210 g/mol. The summed E-state index contributed by atoms with van der Waals surface area (Å²) >= 11 is 6.93. The second-order valence-corrected chi connectivity index (χ2v) is 24.6. The molecule has 3 fully saturated rings. The normalized spacial score (nSPS) is 26.3. The number of hydrogen-bond acceptors (Lipinski definition) is 19. The van der Waals surface area contributed by atoms with Crippen molar-refractivity contribution in [3.63, 3.8) is 0 Å². The molecule has 498 valence electrons. The van der Waals surface area contributed by atoms with E-state index in [2.05, 4.69) is 26.6 Å². The molecule has 5 heterocycles. The van der Waals surface area contributed by atoms with E-state index < -0.39 is 137 Å². The number of hydrogen-bond donors (Lipinski definition) is 7. The highest BCUT2D eigenvalue weighted by Gasteiger charge is 2.65. The van der Waals surface area contributed by atoms with Crippen molar-refractivity contribution < 1.29 is 90.9 Å². The molecule has 4 bridgehead atoms. The van der Waals surface area contributed by atoms with Crippen LogP contribution in [0.25, 0.3) is 0 Å². The number of epoxide rings is 1. The summed E-state index contributed by atoms with van der Waals surface area (Å²) in [4.78, 5) is 135. The first-order valence-corrected chi connectivity index (χ1v) is 30.5. The summed E-state index contributed by atoms with van der Waals surface area (Å²) in [5.74, 6) is -4.95. The van der Waals surface area contributed by atoms with Crippen molar-refractivity contribution in [2.75, 3.05) is 71.0 Å². The number of primary amides is 1. The van der Waals surface area contributed by atoms with Crippen molar-refractivity contribution in [3.05, 3.63) is 76.9 Å². The lowest BCUT2D eigenvalue weighted by atomic mass is 9.83. The minimum absolute atomic E-state index is 0.000348. The van der Waals surface area contributed by atoms with E-state index in [-0.39, 0.29) is 101 Å². The van der Waals surface area contributed by atoms with Crippen LogP contribution >= 0.6 is 11.6 Å². The van der Waals surface area contributed by atoms with Gasteiger partial charge in [0, 0.05) is 57.3 Å². The molecule has 91 heavy (non-hydrogen) atoms. The molecule has 0 spiro atoms. The van der Waals surface area contributed by atoms with Gasteiger partial charge in [0.05, 0.1) is 75.8 Å². The number of imide groups is 1. The quantitative estimate of drug-likeness (QED) is 0.0187. The van der Waals surface area contributed by atoms with Crippen LogP contribution in [0.15, 0.2) is 60.7 Å². The number of nitrogens with two attached hydrogens (primary N) is 1. The molecule has 3 saturated heterocycles. The number of esters is 1. The molecule has 11 atom stereocenters. The Balaban J connectivity index is 1.02. The molecular formula is C62H84ClN9O19. The van der Waals surface area contributed by atoms with Gasteiger partial charge in [-0.25, -0.2) is 14.4 Å². The molecule has 28 nitrogen and oxygen atoms in total. The zero-order valence-corrected chi connectivity index (χ0v) is 53.6. The second kappa shape index (κ2) is 30.5. The van der Waals surface area contributed by atoms with Crippen molar-refractivity contribution >= 4 is 82.6 Å². The topological polar surface area (TPSA) is 364 Å². The Bertz CT molecular complexity index is 3090. The summed E-state index contributed by atoms with van der Waals surface area (Å²) in [5, 5.41) is 25.6. The van der Waals surface area contributed by atoms with E-state index in [1.54, 1.807) is 90.1 Å². The first-order valence-electron chi connectivity index (χ1n) is 30.2. The molecule has 2 aromatic rings. The van der Waals surface area contributed by atoms with Crippen LogP contribution in [0.5, 0.6) is 5.75 Å². The molecule has 7 rings (SSSR count). The number of carbonyl (C=O) groups is 10. The lowest BCUT2D eigenvalue weighted by molar-refractivity contribution is -0.157. The molecule has 0 radical (unpaired) electrons. The fourth-order valence-corrected chi connectivity index (χ4v) is 11.6. The first kappa shape index (κ1) is 70.6. The summed E-state index contributed by atoms with van der Waals surface area (Å²) in [6.07, 6.45) is -0.196. The van der Waals surface area contributed by atoms with E-state index in [1.165, 1.54) is 43.2 Å². The monoisotopic (exact) mass is 1290 g/mol. The molecule has 5 aliphatic heterocycles. The van der Waals surface area contributed by atoms with E-state index in [9.17, 15) is 53.1 Å². The second-order valence-electron chi connectivity index (χ2n) is 24.2. The Kier molecular flexibility index (Phi) is 23.6. The lowest BCUT2D eigenvalue weighted by Crippen LogP contribution is -2.63. The number of benzene rings is 2. The fourth-order valence-electron chi connectivity index (χ4n) is 11.3. The Morgan fingerprint density at radius 3 is 2.23 bits per heavy atom. The van der Waals surface area contributed by atoms with E-state index in [1.807, 2.05) is 6.92 Å². The highest BCUT2D eigenvalue weighted by atomic mass is 35.5. The van der Waals surface area contributed by atoms with Gasteiger partial charge in [0.1, 0.15) is 53.4 Å². The number of alkyl carbamates (subject to hydrolysis) is 1. The maximum atomic E-state index is 14.4. The minimum atomic E-state index is -2.04. The van der Waals surface area contributed by atoms with Crippen LogP contribution in [0.4, 0.5) is 25.8 Å². The van der Waals surface area contributed by atoms with Gasteiger partial charge in [-0.3, -0.25) is 48.7 Å². The molecule has 5 aliphatic rings. The standard InChI is InChI=1S/C62H84ClN9O19/c1-34(2)52(68-47(73)21-24-86-26-27-87-25-23-71-48(74)19-20-49(71)75)55(78)67-40(12-11-22-65-57(64)80)54(77)66-39-15-13-37(14-16-39)33-88-59(82)72-44-17-18-45(85-10)62(83)32-43(89-58(81)69-62)36(5)53-61(7,91-53)46(90-56(79)35(3)4)30-50(76)70(8)41-28-38(31-60(44,72)6)29-42(84-9)51(41)63/h13-20,28-29,34-36,40,43-46,52-53,83H,11-12,21-27,30-33H2,1-10H3,(H,66,77)(H,67,78)(H,68,73)(H,69,81)(H3,64,65,80)/b18-17+/t36?,40-,43?,44?,45?,46?,52-,53-,60?,61-,62?,72?/m0/s1. The summed E-state index contributed by atoms with van der Waals surface area (Å²) in [7, 11) is 4.30. The Morgan fingerprint density at radius 1 is 0.912 bits per heavy atom. The highest BCUT2D eigenvalue weighted by Crippen LogP contribution is 2.51. The number of rotatable bonds is 25. The maximum Gasteiger partial charge on any atom is 0.411 e. The third kappa shape index (κ3) is 17.6. The summed E-state index contributed by atoms with van der Waals surface area (Å²) in [6.45, 7) is 12.4. The fraction of sp³-hybridized carbons (Fsp3) is 0.581. The number of anilines is 2. The zero-order chi connectivity index (χ0) is 66.7. The van der Waals surface area contributed by atoms with Crippen molar-refractivity contribution in [1.29, 1.82) is 0 Å². The number of urea groups is 1. The van der Waals surface area contributed by atoms with Gasteiger partial charge in [-0.2, -0.15) is 0 Å². The number of aliphatic hydroxyl groups is 1. The van der Waals surface area contributed by atoms with Gasteiger partial charge in [0.15, 0.2) is 5.72 Å². The average Bonchev–Trinajstić information content (AvgIpc) is 1.57. The number of nitrogens with zero attached hydrogens (tertiary/aromatic N) is 3. The molecule has 8 N–H and O–H groups in total. The Hall–Kier alpha value is -7.89. The predicted octanol–water partition coefficient (Wildman–Crippen LogP) is 3.52. The van der Waals surface area contributed by atoms with Crippen LogP contribution in [0.1, 0.15) is 91.7 Å². The molecule has 29 heteroatoms. The van der Waals surface area contributed by atoms with Crippen molar-refractivity contribution in [2.45, 2.75) is 153 Å². The van der Waals surface area contributed by atoms with Gasteiger partial charge in [0.2, 0.25) is 23.6 Å². The predicted molar refractivity (Wildman–Crippen MR) is 327 cm³/mol. The largest absolute Gasteiger partial charge is 0.495 e. The van der Waals surface area contributed by atoms with Gasteiger partial charge in [-0.05, 0) is 74.4 Å². The maximum absolute atomic E-state index is 14.4. The summed E-state index contributed by atoms with van der Waals surface area (Å²) < 4.78 is 46.4. The van der Waals surface area contributed by atoms with E-state index >= 15 is 0 Å². The summed E-state index contributed by atoms with van der Waals surface area (Å²) in [5.41, 5.74) is 2.67. The van der Waals surface area contributed by atoms with Gasteiger partial charge in [-0.1, -0.05) is 70.5 Å². The van der Waals surface area contributed by atoms with Crippen LogP contribution in [0.2, 0.25) is 5.02 Å². The highest BCUT2D eigenvalue weighted by molar-refractivity contribution is 6.35. The smallest absolute Gasteiger partial charge is 0.411 e. The Labute approximate surface area is 532 Å². The number of carbonyl (C=O) groups excluding carboxylic acids is 10. The third-order valence-electron chi connectivity index (χ3n) is 16.8. The minimum Gasteiger partial charge on any atom is -0.495 e. The first-order chi connectivity index (χ1) is 43.0. The number of amides is 10. The van der Waals surface area contributed by atoms with Gasteiger partial charge >= 0.3 is 24.2 Å². The van der Waals surface area contributed by atoms with Crippen LogP contribution in [-0.2, 0) is 79.7 Å². The molecule has 0 saturated carbocycles. The van der Waals surface area contributed by atoms with Crippen LogP contribution in [-0.4, -0.2) is 195 Å². The van der Waals surface area contributed by atoms with Crippen LogP contribution < -0.4 is 42.0 Å². The number of methoxy groups -OCH3 is 2.